The van der Waals surface area contributed by atoms with Crippen LogP contribution in [0, 0.1) is 20.8 Å². The van der Waals surface area contributed by atoms with Crippen LogP contribution in [0.2, 0.25) is 0 Å². The number of hydrogen-bond donors (Lipinski definition) is 2. The lowest BCUT2D eigenvalue weighted by molar-refractivity contribution is 0.102. The van der Waals surface area contributed by atoms with Crippen molar-refractivity contribution in [3.05, 3.63) is 57.1 Å². The topological polar surface area (TPSA) is 76.0 Å². The molecule has 1 saturated heterocycles. The number of amides is 1. The fourth-order valence-electron chi connectivity index (χ4n) is 3.31. The number of piperidine rings is 1. The monoisotopic (exact) mass is 340 g/mol. The maximum Gasteiger partial charge on any atom is 0.263 e. The van der Waals surface area contributed by atoms with Gasteiger partial charge in [0.05, 0.1) is 0 Å². The van der Waals surface area contributed by atoms with Crippen molar-refractivity contribution < 1.29 is 4.79 Å². The Labute approximate surface area is 147 Å². The van der Waals surface area contributed by atoms with Crippen LogP contribution in [0.5, 0.6) is 0 Å². The van der Waals surface area contributed by atoms with Crippen molar-refractivity contribution in [3.63, 3.8) is 0 Å². The molecule has 3 heterocycles. The number of carbonyl (C=O) groups is 1. The molecule has 1 aliphatic heterocycles. The summed E-state index contributed by atoms with van der Waals surface area (Å²) in [6.45, 7) is 7.40. The summed E-state index contributed by atoms with van der Waals surface area (Å²) in [5.74, 6) is 0.0944. The number of aryl methyl sites for hydroxylation is 3. The van der Waals surface area contributed by atoms with Gasteiger partial charge in [-0.25, -0.2) is 4.98 Å². The minimum absolute atomic E-state index is 0.139. The molecule has 2 N–H and O–H groups in total. The number of pyridine rings is 2. The molecule has 0 bridgehead atoms. The summed E-state index contributed by atoms with van der Waals surface area (Å²) in [6.07, 6.45) is 5.29. The van der Waals surface area contributed by atoms with Gasteiger partial charge in [-0.05, 0) is 69.5 Å². The van der Waals surface area contributed by atoms with E-state index in [4.69, 9.17) is 0 Å². The number of nitrogens with zero attached hydrogens (tertiary/aromatic N) is 2. The molecule has 6 heteroatoms. The molecule has 0 aromatic carbocycles. The first-order valence-corrected chi connectivity index (χ1v) is 8.64. The van der Waals surface area contributed by atoms with E-state index in [1.54, 1.807) is 23.9 Å². The maximum absolute atomic E-state index is 12.9. The van der Waals surface area contributed by atoms with Crippen molar-refractivity contribution in [1.29, 1.82) is 0 Å². The quantitative estimate of drug-likeness (QED) is 0.899. The highest BCUT2D eigenvalue weighted by Crippen LogP contribution is 2.18. The van der Waals surface area contributed by atoms with Crippen LogP contribution in [-0.4, -0.2) is 28.5 Å². The molecular formula is C19H24N4O2. The van der Waals surface area contributed by atoms with Crippen molar-refractivity contribution in [2.75, 3.05) is 18.4 Å². The van der Waals surface area contributed by atoms with Gasteiger partial charge in [-0.3, -0.25) is 9.59 Å². The van der Waals surface area contributed by atoms with Gasteiger partial charge in [0.2, 0.25) is 0 Å². The van der Waals surface area contributed by atoms with E-state index in [0.717, 1.165) is 37.1 Å². The molecule has 0 aliphatic carbocycles. The van der Waals surface area contributed by atoms with E-state index in [2.05, 4.69) is 15.6 Å². The fraction of sp³-hybridized carbons (Fsp3) is 0.421. The normalized spacial score (nSPS) is 15.2. The predicted octanol–water partition coefficient (Wildman–Crippen LogP) is 2.35. The van der Waals surface area contributed by atoms with Crippen LogP contribution in [0.15, 0.2) is 29.3 Å². The number of nitrogens with one attached hydrogen (secondary N) is 2. The molecule has 1 aliphatic rings. The molecule has 6 nitrogen and oxygen atoms in total. The van der Waals surface area contributed by atoms with Gasteiger partial charge < -0.3 is 15.2 Å². The number of rotatable bonds is 3. The van der Waals surface area contributed by atoms with Gasteiger partial charge in [0.25, 0.3) is 11.5 Å². The lowest BCUT2D eigenvalue weighted by Gasteiger charge is -2.25. The van der Waals surface area contributed by atoms with Gasteiger partial charge in [0, 0.05) is 18.4 Å². The van der Waals surface area contributed by atoms with E-state index in [0.29, 0.717) is 11.4 Å². The Balaban J connectivity index is 1.92. The highest BCUT2D eigenvalue weighted by molar-refractivity contribution is 6.04. The minimum Gasteiger partial charge on any atom is -0.317 e. The molecule has 1 fully saturated rings. The average Bonchev–Trinajstić information content (AvgIpc) is 2.58. The van der Waals surface area contributed by atoms with E-state index < -0.39 is 5.91 Å². The second-order valence-corrected chi connectivity index (χ2v) is 6.70. The minimum atomic E-state index is -0.398. The summed E-state index contributed by atoms with van der Waals surface area (Å²) >= 11 is 0. The SMILES string of the molecule is Cc1cnc(NC(=O)c2c(C)ccn(C3CCNCC3)c2=O)c(C)c1. The van der Waals surface area contributed by atoms with Gasteiger partial charge in [0.1, 0.15) is 11.4 Å². The van der Waals surface area contributed by atoms with Crippen molar-refractivity contribution in [3.8, 4) is 0 Å². The van der Waals surface area contributed by atoms with E-state index in [1.165, 1.54) is 0 Å². The van der Waals surface area contributed by atoms with Crippen LogP contribution in [0.4, 0.5) is 5.82 Å². The lowest BCUT2D eigenvalue weighted by atomic mass is 10.0. The zero-order chi connectivity index (χ0) is 18.0. The summed E-state index contributed by atoms with van der Waals surface area (Å²) < 4.78 is 1.71. The Morgan fingerprint density at radius 1 is 1.24 bits per heavy atom. The van der Waals surface area contributed by atoms with Crippen LogP contribution >= 0.6 is 0 Å². The van der Waals surface area contributed by atoms with Gasteiger partial charge in [-0.2, -0.15) is 0 Å². The number of hydrogen-bond acceptors (Lipinski definition) is 4. The van der Waals surface area contributed by atoms with Crippen molar-refractivity contribution in [2.24, 2.45) is 0 Å². The Bertz CT molecular complexity index is 851. The molecule has 2 aromatic rings. The van der Waals surface area contributed by atoms with Crippen LogP contribution < -0.4 is 16.2 Å². The zero-order valence-electron chi connectivity index (χ0n) is 14.9. The molecule has 25 heavy (non-hydrogen) atoms. The van der Waals surface area contributed by atoms with Gasteiger partial charge in [-0.15, -0.1) is 0 Å². The molecule has 3 rings (SSSR count). The second-order valence-electron chi connectivity index (χ2n) is 6.70. The van der Waals surface area contributed by atoms with E-state index >= 15 is 0 Å². The third kappa shape index (κ3) is 3.64. The number of carbonyl (C=O) groups excluding carboxylic acids is 1. The molecule has 0 spiro atoms. The van der Waals surface area contributed by atoms with Crippen molar-refractivity contribution in [2.45, 2.75) is 39.7 Å². The summed E-state index contributed by atoms with van der Waals surface area (Å²) in [5.41, 5.74) is 2.55. The molecule has 132 valence electrons. The Morgan fingerprint density at radius 3 is 2.64 bits per heavy atom. The first kappa shape index (κ1) is 17.4. The zero-order valence-corrected chi connectivity index (χ0v) is 14.9. The lowest BCUT2D eigenvalue weighted by Crippen LogP contribution is -2.37. The van der Waals surface area contributed by atoms with Crippen LogP contribution in [0.1, 0.15) is 45.9 Å². The fourth-order valence-corrected chi connectivity index (χ4v) is 3.31. The number of aromatic nitrogens is 2. The Morgan fingerprint density at radius 2 is 1.96 bits per heavy atom. The Hall–Kier alpha value is -2.47. The van der Waals surface area contributed by atoms with Crippen molar-refractivity contribution in [1.82, 2.24) is 14.9 Å². The Kier molecular flexibility index (Phi) is 4.99. The molecule has 0 saturated carbocycles. The highest BCUT2D eigenvalue weighted by atomic mass is 16.2. The summed E-state index contributed by atoms with van der Waals surface area (Å²) in [7, 11) is 0. The molecule has 0 unspecified atom stereocenters. The first-order valence-electron chi connectivity index (χ1n) is 8.64. The average molecular weight is 340 g/mol. The molecule has 1 amide bonds. The van der Waals surface area contributed by atoms with Crippen molar-refractivity contribution >= 4 is 11.7 Å². The predicted molar refractivity (Wildman–Crippen MR) is 98.2 cm³/mol. The third-order valence-electron chi connectivity index (χ3n) is 4.70. The van der Waals surface area contributed by atoms with Crippen LogP contribution in [0.3, 0.4) is 0 Å². The maximum atomic E-state index is 12.9. The van der Waals surface area contributed by atoms with Crippen LogP contribution in [-0.2, 0) is 0 Å². The second kappa shape index (κ2) is 7.19. The smallest absolute Gasteiger partial charge is 0.263 e. The number of anilines is 1. The standard InChI is InChI=1S/C19H24N4O2/c1-12-10-14(3)17(21-11-12)22-18(24)16-13(2)6-9-23(19(16)25)15-4-7-20-8-5-15/h6,9-11,15,20H,4-5,7-8H2,1-3H3,(H,21,22,24). The molecular weight excluding hydrogens is 316 g/mol. The summed E-state index contributed by atoms with van der Waals surface area (Å²) in [6, 6.07) is 3.93. The molecule has 0 atom stereocenters. The van der Waals surface area contributed by atoms with E-state index in [-0.39, 0.29) is 17.2 Å². The highest BCUT2D eigenvalue weighted by Gasteiger charge is 2.21. The van der Waals surface area contributed by atoms with E-state index in [9.17, 15) is 9.59 Å². The largest absolute Gasteiger partial charge is 0.317 e. The van der Waals surface area contributed by atoms with Gasteiger partial charge >= 0.3 is 0 Å². The third-order valence-corrected chi connectivity index (χ3v) is 4.70. The molecule has 0 radical (unpaired) electrons. The summed E-state index contributed by atoms with van der Waals surface area (Å²) in [4.78, 5) is 29.9. The van der Waals surface area contributed by atoms with Gasteiger partial charge in [-0.1, -0.05) is 6.07 Å². The first-order chi connectivity index (χ1) is 12.0. The van der Waals surface area contributed by atoms with Gasteiger partial charge in [0.15, 0.2) is 0 Å². The molecule has 2 aromatic heterocycles. The summed E-state index contributed by atoms with van der Waals surface area (Å²) in [5, 5.41) is 6.08. The van der Waals surface area contributed by atoms with E-state index in [1.807, 2.05) is 26.0 Å². The van der Waals surface area contributed by atoms with Crippen LogP contribution in [0.25, 0.3) is 0 Å².